The second kappa shape index (κ2) is 6.40. The summed E-state index contributed by atoms with van der Waals surface area (Å²) in [6, 6.07) is 0.251. The average Bonchev–Trinajstić information content (AvgIpc) is 2.19. The molecule has 0 bridgehead atoms. The van der Waals surface area contributed by atoms with Crippen LogP contribution in [0.3, 0.4) is 0 Å². The van der Waals surface area contributed by atoms with Gasteiger partial charge in [-0.3, -0.25) is 4.90 Å². The van der Waals surface area contributed by atoms with Gasteiger partial charge in [0.25, 0.3) is 0 Å². The zero-order chi connectivity index (χ0) is 11.3. The van der Waals surface area contributed by atoms with E-state index in [-0.39, 0.29) is 6.04 Å². The normalized spacial score (nSPS) is 25.1. The standard InChI is InChI=1S/C11H22N2OS/c1-2-10(11(12)15)13-6-3-4-9(8-13)5-7-14/h9-10,14H,2-8H2,1H3,(H2,12,15). The topological polar surface area (TPSA) is 49.5 Å². The summed E-state index contributed by atoms with van der Waals surface area (Å²) in [5, 5.41) is 8.94. The Morgan fingerprint density at radius 1 is 1.67 bits per heavy atom. The van der Waals surface area contributed by atoms with Crippen molar-refractivity contribution in [2.75, 3.05) is 19.7 Å². The van der Waals surface area contributed by atoms with E-state index in [9.17, 15) is 0 Å². The Morgan fingerprint density at radius 3 is 2.93 bits per heavy atom. The molecule has 0 saturated carbocycles. The number of nitrogens with zero attached hydrogens (tertiary/aromatic N) is 1. The summed E-state index contributed by atoms with van der Waals surface area (Å²) < 4.78 is 0. The molecular weight excluding hydrogens is 208 g/mol. The minimum Gasteiger partial charge on any atom is -0.396 e. The van der Waals surface area contributed by atoms with Gasteiger partial charge in [0.1, 0.15) is 0 Å². The Hall–Kier alpha value is -0.190. The number of hydrogen-bond donors (Lipinski definition) is 2. The molecule has 88 valence electrons. The molecule has 1 aliphatic rings. The Balaban J connectivity index is 2.50. The third-order valence-corrected chi connectivity index (χ3v) is 3.52. The lowest BCUT2D eigenvalue weighted by atomic mass is 9.93. The summed E-state index contributed by atoms with van der Waals surface area (Å²) in [5.74, 6) is 0.618. The summed E-state index contributed by atoms with van der Waals surface area (Å²) in [5.41, 5.74) is 5.74. The van der Waals surface area contributed by atoms with Crippen LogP contribution in [0.2, 0.25) is 0 Å². The number of hydrogen-bond acceptors (Lipinski definition) is 3. The lowest BCUT2D eigenvalue weighted by molar-refractivity contribution is 0.130. The number of nitrogens with two attached hydrogens (primary N) is 1. The third-order valence-electron chi connectivity index (χ3n) is 3.24. The predicted octanol–water partition coefficient (Wildman–Crippen LogP) is 1.15. The van der Waals surface area contributed by atoms with Gasteiger partial charge in [-0.1, -0.05) is 19.1 Å². The van der Waals surface area contributed by atoms with Crippen molar-refractivity contribution in [3.05, 3.63) is 0 Å². The molecule has 4 heteroatoms. The largest absolute Gasteiger partial charge is 0.396 e. The molecule has 0 aromatic rings. The van der Waals surface area contributed by atoms with Crippen LogP contribution in [0, 0.1) is 5.92 Å². The monoisotopic (exact) mass is 230 g/mol. The van der Waals surface area contributed by atoms with Gasteiger partial charge in [0.2, 0.25) is 0 Å². The summed E-state index contributed by atoms with van der Waals surface area (Å²) in [4.78, 5) is 2.99. The van der Waals surface area contributed by atoms with E-state index in [4.69, 9.17) is 23.1 Å². The molecular formula is C11H22N2OS. The minimum atomic E-state index is 0.251. The van der Waals surface area contributed by atoms with Gasteiger partial charge in [0.15, 0.2) is 0 Å². The van der Waals surface area contributed by atoms with Gasteiger partial charge < -0.3 is 10.8 Å². The van der Waals surface area contributed by atoms with E-state index in [0.29, 0.717) is 17.5 Å². The van der Waals surface area contributed by atoms with Crippen molar-refractivity contribution >= 4 is 17.2 Å². The van der Waals surface area contributed by atoms with E-state index in [2.05, 4.69) is 11.8 Å². The van der Waals surface area contributed by atoms with Crippen LogP contribution in [0.1, 0.15) is 32.6 Å². The summed E-state index contributed by atoms with van der Waals surface area (Å²) >= 11 is 5.09. The number of piperidine rings is 1. The van der Waals surface area contributed by atoms with Crippen molar-refractivity contribution in [2.24, 2.45) is 11.7 Å². The lowest BCUT2D eigenvalue weighted by Gasteiger charge is -2.37. The molecule has 3 nitrogen and oxygen atoms in total. The lowest BCUT2D eigenvalue weighted by Crippen LogP contribution is -2.48. The first kappa shape index (κ1) is 12.9. The van der Waals surface area contributed by atoms with Crippen LogP contribution >= 0.6 is 12.2 Å². The van der Waals surface area contributed by atoms with Crippen molar-refractivity contribution in [1.82, 2.24) is 4.90 Å². The van der Waals surface area contributed by atoms with Crippen LogP contribution in [0.4, 0.5) is 0 Å². The Morgan fingerprint density at radius 2 is 2.40 bits per heavy atom. The van der Waals surface area contributed by atoms with E-state index in [1.54, 1.807) is 0 Å². The molecule has 0 spiro atoms. The fourth-order valence-corrected chi connectivity index (χ4v) is 2.75. The molecule has 1 saturated heterocycles. The number of rotatable bonds is 5. The maximum atomic E-state index is 8.94. The van der Waals surface area contributed by atoms with Gasteiger partial charge in [0, 0.05) is 13.2 Å². The van der Waals surface area contributed by atoms with Gasteiger partial charge in [-0.15, -0.1) is 0 Å². The van der Waals surface area contributed by atoms with E-state index in [1.807, 2.05) is 0 Å². The van der Waals surface area contributed by atoms with Crippen LogP contribution in [0.5, 0.6) is 0 Å². The Bertz CT molecular complexity index is 209. The average molecular weight is 230 g/mol. The second-order valence-corrected chi connectivity index (χ2v) is 4.81. The first-order chi connectivity index (χ1) is 7.19. The third kappa shape index (κ3) is 3.70. The van der Waals surface area contributed by atoms with Crippen LogP contribution in [0.25, 0.3) is 0 Å². The first-order valence-electron chi connectivity index (χ1n) is 5.83. The fraction of sp³-hybridized carbons (Fsp3) is 0.909. The minimum absolute atomic E-state index is 0.251. The first-order valence-corrected chi connectivity index (χ1v) is 6.24. The predicted molar refractivity (Wildman–Crippen MR) is 66.9 cm³/mol. The van der Waals surface area contributed by atoms with E-state index in [0.717, 1.165) is 25.9 Å². The highest BCUT2D eigenvalue weighted by molar-refractivity contribution is 7.80. The van der Waals surface area contributed by atoms with Crippen LogP contribution in [-0.4, -0.2) is 40.7 Å². The number of aliphatic hydroxyl groups is 1. The second-order valence-electron chi connectivity index (χ2n) is 4.34. The molecule has 0 radical (unpaired) electrons. The van der Waals surface area contributed by atoms with Crippen LogP contribution in [0.15, 0.2) is 0 Å². The van der Waals surface area contributed by atoms with Gasteiger partial charge in [-0.25, -0.2) is 0 Å². The van der Waals surface area contributed by atoms with Gasteiger partial charge >= 0.3 is 0 Å². The fourth-order valence-electron chi connectivity index (χ4n) is 2.44. The molecule has 1 aliphatic heterocycles. The number of thiocarbonyl (C=S) groups is 1. The Labute approximate surface area is 97.6 Å². The smallest absolute Gasteiger partial charge is 0.0901 e. The maximum Gasteiger partial charge on any atom is 0.0901 e. The molecule has 1 heterocycles. The summed E-state index contributed by atoms with van der Waals surface area (Å²) in [6.45, 7) is 4.55. The van der Waals surface area contributed by atoms with E-state index in [1.165, 1.54) is 12.8 Å². The Kier molecular flexibility index (Phi) is 5.50. The van der Waals surface area contributed by atoms with Gasteiger partial charge in [0.05, 0.1) is 11.0 Å². The van der Waals surface area contributed by atoms with Crippen LogP contribution in [-0.2, 0) is 0 Å². The molecule has 0 amide bonds. The van der Waals surface area contributed by atoms with E-state index < -0.39 is 0 Å². The van der Waals surface area contributed by atoms with E-state index >= 15 is 0 Å². The van der Waals surface area contributed by atoms with Crippen molar-refractivity contribution in [3.63, 3.8) is 0 Å². The molecule has 0 aromatic heterocycles. The van der Waals surface area contributed by atoms with Gasteiger partial charge in [-0.2, -0.15) is 0 Å². The summed E-state index contributed by atoms with van der Waals surface area (Å²) in [7, 11) is 0. The maximum absolute atomic E-state index is 8.94. The van der Waals surface area contributed by atoms with Gasteiger partial charge in [-0.05, 0) is 38.1 Å². The number of aliphatic hydroxyl groups excluding tert-OH is 1. The molecule has 2 atom stereocenters. The van der Waals surface area contributed by atoms with Crippen molar-refractivity contribution in [3.8, 4) is 0 Å². The zero-order valence-corrected chi connectivity index (χ0v) is 10.3. The molecule has 15 heavy (non-hydrogen) atoms. The molecule has 0 aliphatic carbocycles. The molecule has 3 N–H and O–H groups in total. The highest BCUT2D eigenvalue weighted by Gasteiger charge is 2.25. The van der Waals surface area contributed by atoms with Crippen molar-refractivity contribution < 1.29 is 5.11 Å². The summed E-state index contributed by atoms with van der Waals surface area (Å²) in [6.07, 6.45) is 4.32. The van der Waals surface area contributed by atoms with Crippen molar-refractivity contribution in [1.29, 1.82) is 0 Å². The highest BCUT2D eigenvalue weighted by Crippen LogP contribution is 2.22. The quantitative estimate of drug-likeness (QED) is 0.696. The highest BCUT2D eigenvalue weighted by atomic mass is 32.1. The molecule has 1 rings (SSSR count). The number of likely N-dealkylation sites (tertiary alicyclic amines) is 1. The van der Waals surface area contributed by atoms with Crippen LogP contribution < -0.4 is 5.73 Å². The SMILES string of the molecule is CCC(C(N)=S)N1CCCC(CCO)C1. The zero-order valence-electron chi connectivity index (χ0n) is 9.48. The molecule has 0 aromatic carbocycles. The molecule has 1 fully saturated rings. The van der Waals surface area contributed by atoms with Crippen molar-refractivity contribution in [2.45, 2.75) is 38.6 Å². The molecule has 2 unspecified atom stereocenters.